The smallest absolute Gasteiger partial charge is 0.870 e. The van der Waals surface area contributed by atoms with E-state index in [4.69, 9.17) is 31.2 Å². The van der Waals surface area contributed by atoms with Crippen LogP contribution in [0.4, 0.5) is 80.1 Å². The van der Waals surface area contributed by atoms with Crippen molar-refractivity contribution in [3.63, 3.8) is 0 Å². The average molecular weight is 2120 g/mol. The van der Waals surface area contributed by atoms with Crippen molar-refractivity contribution < 1.29 is 114 Å². The molecule has 8 N–H and O–H groups in total. The number of isocyanates is 1. The van der Waals surface area contributed by atoms with E-state index in [0.29, 0.717) is 125 Å². The van der Waals surface area contributed by atoms with Gasteiger partial charge in [0.1, 0.15) is 34.5 Å². The van der Waals surface area contributed by atoms with Crippen LogP contribution in [0.1, 0.15) is 255 Å². The predicted molar refractivity (Wildman–Crippen MR) is 572 cm³/mol. The van der Waals surface area contributed by atoms with Crippen LogP contribution in [-0.2, 0) is 54.1 Å². The number of aliphatic imine (C=N–C) groups is 1. The maximum Gasteiger partial charge on any atom is 1.00 e. The molecule has 4 aliphatic carbocycles. The summed E-state index contributed by atoms with van der Waals surface area (Å²) in [6, 6.07) is 34.1. The van der Waals surface area contributed by atoms with Gasteiger partial charge in [0.25, 0.3) is 22.5 Å². The Bertz CT molecular complexity index is 5340. The summed E-state index contributed by atoms with van der Waals surface area (Å²) < 4.78 is 52.1. The molecule has 0 aromatic heterocycles. The molecule has 0 bridgehead atoms. The Balaban J connectivity index is 0.000000441. The van der Waals surface area contributed by atoms with E-state index in [2.05, 4.69) is 232 Å². The maximum atomic E-state index is 14.1. The molecule has 4 saturated carbocycles. The summed E-state index contributed by atoms with van der Waals surface area (Å²) >= 11 is 6.56. The van der Waals surface area contributed by atoms with Crippen molar-refractivity contribution in [3.8, 4) is 0 Å². The van der Waals surface area contributed by atoms with Gasteiger partial charge in [-0.1, -0.05) is 201 Å². The second-order valence-corrected chi connectivity index (χ2v) is 43.2. The van der Waals surface area contributed by atoms with Crippen molar-refractivity contribution in [2.75, 3.05) is 117 Å². The van der Waals surface area contributed by atoms with E-state index in [-0.39, 0.29) is 108 Å². The molecule has 4 fully saturated rings. The van der Waals surface area contributed by atoms with E-state index in [0.717, 1.165) is 197 Å². The second-order valence-electron chi connectivity index (χ2n) is 41.6. The summed E-state index contributed by atoms with van der Waals surface area (Å²) in [6.07, 6.45) is 12.2. The number of nitrogens with one attached hydrogen (secondary N) is 1. The molecule has 4 aliphatic rings. The first kappa shape index (κ1) is 127. The number of nitro benzene ring substituents is 2. The Hall–Kier alpha value is -9.52. The van der Waals surface area contributed by atoms with Crippen LogP contribution in [0.15, 0.2) is 132 Å². The van der Waals surface area contributed by atoms with Gasteiger partial charge >= 0.3 is 63.3 Å². The van der Waals surface area contributed by atoms with E-state index in [1.165, 1.54) is 18.6 Å². The van der Waals surface area contributed by atoms with Crippen LogP contribution in [0.25, 0.3) is 14.5 Å². The number of amides is 1. The van der Waals surface area contributed by atoms with E-state index < -0.39 is 57.5 Å². The van der Waals surface area contributed by atoms with Crippen molar-refractivity contribution in [2.45, 2.75) is 257 Å². The van der Waals surface area contributed by atoms with E-state index in [9.17, 15) is 67.2 Å². The summed E-state index contributed by atoms with van der Waals surface area (Å²) in [5.41, 5.74) is 20.7. The molecule has 7 aromatic carbocycles. The molecule has 0 heterocycles. The zero-order valence-electron chi connectivity index (χ0n) is 87.4. The van der Waals surface area contributed by atoms with Crippen LogP contribution < -0.4 is 92.7 Å². The van der Waals surface area contributed by atoms with E-state index in [1.54, 1.807) is 18.2 Å². The topological polar surface area (TPSA) is 331 Å². The summed E-state index contributed by atoms with van der Waals surface area (Å²) in [7, 11) is 0. The molecular weight excluding hydrogens is 1970 g/mol. The fourth-order valence-corrected chi connectivity index (χ4v) is 18.9. The summed E-state index contributed by atoms with van der Waals surface area (Å²) in [4.78, 5) is 93.8. The third-order valence-corrected chi connectivity index (χ3v) is 25.6. The number of nitro groups is 2. The number of nitrogens with two attached hydrogens (primary N) is 2. The number of aliphatic carboxylic acids is 2. The Labute approximate surface area is 901 Å². The van der Waals surface area contributed by atoms with Crippen molar-refractivity contribution >= 4 is 118 Å². The Kier molecular flexibility index (Phi) is 54.4. The molecule has 0 unspecified atom stereocenters. The molecule has 1 amide bonds. The molecule has 11 rings (SSSR count). The number of carbonyl (C=O) groups is 3. The Morgan fingerprint density at radius 2 is 0.768 bits per heavy atom. The van der Waals surface area contributed by atoms with Crippen molar-refractivity contribution in [2.24, 2.45) is 64.2 Å². The minimum absolute atomic E-state index is 0. The second kappa shape index (κ2) is 61.0. The first-order chi connectivity index (χ1) is 65.9. The predicted octanol–water partition coefficient (Wildman–Crippen LogP) is 24.4. The minimum Gasteiger partial charge on any atom is -0.870 e. The van der Waals surface area contributed by atoms with Crippen molar-refractivity contribution in [1.82, 2.24) is 0 Å². The van der Waals surface area contributed by atoms with Gasteiger partial charge in [0.05, 0.1) is 61.2 Å². The van der Waals surface area contributed by atoms with Gasteiger partial charge in [-0.25, -0.2) is 42.1 Å². The number of rotatable bonds is 40. The third-order valence-electron chi connectivity index (χ3n) is 24.5. The van der Waals surface area contributed by atoms with E-state index in [1.807, 2.05) is 54.6 Å². The quantitative estimate of drug-likeness (QED) is 0.00274. The van der Waals surface area contributed by atoms with Crippen molar-refractivity contribution in [3.05, 3.63) is 239 Å². The number of carboxylic acid groups (broad SMARTS) is 2. The van der Waals surface area contributed by atoms with Crippen molar-refractivity contribution in [1.29, 1.82) is 0 Å². The standard InChI is InChI=1S/C27H34F2N2O3.C19H27N3O2.C19H29N3.C19H30N2O2.C16H23N3O2.C7H3F2NO.C3H6Br2.K.H2O/c1-17(2)15-31(16-18(3)4)24-9-7-20(27(26(33)34)10-5-11-27)13-23(24)30-25(32)12-19-6-8-21(28)14-22(19)29;1-14(2)12-21(13-15(3)4)17-8-7-16(11-18(17)22(23)24)19(20-5)9-6-10-19;1-14(2)12-22(13-15(3)4)18-8-7-16(11-17(18)20)19(21-5)9-6-10-19;1-13(2)11-21(12-14(3)4)17-7-6-15(10-16(17)20)19(18(22)23)8-5-9-19;1-12(2)10-18(11-13(3)4)15-7-6-14(9-17-5)8-16(15)19(20)21;8-5-1-2-7(10-4-11)6(9)3-5;4-2-1-3-5;;/h6-9,13-14,17-18H,5,10-12,15-16H2,1-4H3,(H,30,32)(H,33,34);7-8,11,14-15H,6,9-10,12-13H2,1-4H3;7-8,11,14-15H,6,9-10,12-13,20H2,1-4H3;6-7,10,13-14H,5,8-9,11-12,20H2,1-4H3,(H,22,23);6-8,12-13H,9-11H2,1-4H3;1-3H;1-3H2;;1H2/q;;;;;;;+1;/p-1. The molecule has 0 spiro atoms. The molecule has 0 aliphatic heterocycles. The number of nitrogens with zero attached hydrogens (tertiary/aromatic N) is 11. The number of benzene rings is 7. The number of halogens is 6. The minimum atomic E-state index is -0.942. The average Bonchev–Trinajstić information content (AvgIpc) is 0.759. The fourth-order valence-electron chi connectivity index (χ4n) is 17.6. The van der Waals surface area contributed by atoms with Crippen LogP contribution in [0.3, 0.4) is 0 Å². The van der Waals surface area contributed by atoms with Gasteiger partial charge in [-0.05, 0) is 206 Å². The molecule has 0 radical (unpaired) electrons. The Morgan fingerprint density at radius 1 is 0.451 bits per heavy atom. The molecule has 25 nitrogen and oxygen atoms in total. The van der Waals surface area contributed by atoms with Gasteiger partial charge in [0.2, 0.25) is 18.5 Å². The third kappa shape index (κ3) is 38.1. The van der Waals surface area contributed by atoms with Gasteiger partial charge in [-0.15, -0.1) is 0 Å². The van der Waals surface area contributed by atoms with Crippen LogP contribution in [0.2, 0.25) is 0 Å². The van der Waals surface area contributed by atoms with Gasteiger partial charge in [0, 0.05) is 143 Å². The fraction of sp³-hybridized carbons (Fsp3) is 0.555. The SMILES string of the molecule is BrCCCBr.CC(C)CN(CC(C)C)c1ccc(C2(C(=O)O)CCC2)cc1N.CC(C)CN(CC(C)C)c1ccc(C2(C(=O)O)CCC2)cc1NC(=O)Cc1ccc(F)cc1F.O=C=Nc1ccc(F)cc1F.[C-]#[N+]C1(c2ccc(N(CC(C)C)CC(C)C)c(N)c2)CCC1.[C-]#[N+]C1(c2ccc(N(CC(C)C)CC(C)C)c([N+](=O)[O-])c2)CCC1.[C-]#[N+]Cc1ccc(N(CC(C)C)CC(C)C)c([N+](=O)[O-])c1.[K+].[OH-]. The zero-order valence-corrected chi connectivity index (χ0v) is 93.7. The largest absolute Gasteiger partial charge is 1.00 e. The summed E-state index contributed by atoms with van der Waals surface area (Å²) in [5, 5.41) is 47.6. The molecule has 32 heteroatoms. The number of alkyl halides is 2. The molecular formula is C110H153Br2F4KN14O11. The zero-order chi connectivity index (χ0) is 105. The number of hydrogen-bond acceptors (Lipinski definition) is 17. The van der Waals surface area contributed by atoms with Gasteiger partial charge < -0.3 is 71.5 Å². The normalized spacial score (nSPS) is 14.0. The molecule has 7 aromatic rings. The monoisotopic (exact) mass is 2120 g/mol. The van der Waals surface area contributed by atoms with Crippen LogP contribution in [-0.4, -0.2) is 126 Å². The molecule has 0 saturated heterocycles. The van der Waals surface area contributed by atoms with Crippen LogP contribution in [0.5, 0.6) is 0 Å². The first-order valence-corrected chi connectivity index (χ1v) is 51.4. The Morgan fingerprint density at radius 3 is 1.07 bits per heavy atom. The molecule has 772 valence electrons. The number of carbonyl (C=O) groups excluding carboxylic acids is 2. The number of anilines is 8. The number of hydrogen-bond donors (Lipinski definition) is 5. The number of carboxylic acids is 2. The first-order valence-electron chi connectivity index (χ1n) is 49.2. The van der Waals surface area contributed by atoms with Gasteiger partial charge in [0.15, 0.2) is 5.82 Å². The molecule has 142 heavy (non-hydrogen) atoms. The van der Waals surface area contributed by atoms with Gasteiger partial charge in [-0.3, -0.25) is 34.6 Å². The van der Waals surface area contributed by atoms with Gasteiger partial charge in [-0.2, -0.15) is 4.99 Å². The van der Waals surface area contributed by atoms with E-state index >= 15 is 0 Å². The van der Waals surface area contributed by atoms with Crippen LogP contribution in [0, 0.1) is 122 Å². The summed E-state index contributed by atoms with van der Waals surface area (Å²) in [6.45, 7) is 73.7. The number of nitrogen functional groups attached to an aromatic ring is 2. The summed E-state index contributed by atoms with van der Waals surface area (Å²) in [5.74, 6) is -0.371. The molecule has 0 atom stereocenters. The maximum absolute atomic E-state index is 14.1. The van der Waals surface area contributed by atoms with Crippen LogP contribution >= 0.6 is 31.9 Å².